The van der Waals surface area contributed by atoms with E-state index in [0.29, 0.717) is 38.4 Å². The van der Waals surface area contributed by atoms with Crippen molar-refractivity contribution in [1.29, 1.82) is 0 Å². The van der Waals surface area contributed by atoms with Crippen LogP contribution >= 0.6 is 0 Å². The number of nitrogens with two attached hydrogens (primary N) is 1. The molecule has 1 fully saturated rings. The van der Waals surface area contributed by atoms with Crippen molar-refractivity contribution in [3.8, 4) is 0 Å². The van der Waals surface area contributed by atoms with Crippen LogP contribution in [-0.4, -0.2) is 53.7 Å². The zero-order valence-corrected chi connectivity index (χ0v) is 14.5. The zero-order valence-electron chi connectivity index (χ0n) is 14.5. The highest BCUT2D eigenvalue weighted by Gasteiger charge is 2.27. The number of anilines is 1. The molecular formula is C17H26N4O3. The summed E-state index contributed by atoms with van der Waals surface area (Å²) in [7, 11) is 0. The predicted octanol–water partition coefficient (Wildman–Crippen LogP) is 2.03. The minimum Gasteiger partial charge on any atom is -0.444 e. The number of piperazine rings is 1. The normalized spacial score (nSPS) is 15.1. The first kappa shape index (κ1) is 17.9. The van der Waals surface area contributed by atoms with Gasteiger partial charge in [-0.15, -0.1) is 0 Å². The van der Waals surface area contributed by atoms with Gasteiger partial charge in [-0.05, 0) is 38.5 Å². The Kier molecular flexibility index (Phi) is 5.54. The first-order valence-electron chi connectivity index (χ1n) is 8.10. The molecule has 0 spiro atoms. The van der Waals surface area contributed by atoms with Gasteiger partial charge in [-0.3, -0.25) is 0 Å². The molecular weight excluding hydrogens is 308 g/mol. The van der Waals surface area contributed by atoms with Crippen LogP contribution in [0.2, 0.25) is 0 Å². The third kappa shape index (κ3) is 5.33. The molecule has 0 unspecified atom stereocenters. The third-order valence-electron chi connectivity index (χ3n) is 3.64. The van der Waals surface area contributed by atoms with Crippen molar-refractivity contribution in [2.75, 3.05) is 31.9 Å². The lowest BCUT2D eigenvalue weighted by Gasteiger charge is -2.35. The van der Waals surface area contributed by atoms with Gasteiger partial charge in [0.1, 0.15) is 5.60 Å². The van der Waals surface area contributed by atoms with E-state index < -0.39 is 5.60 Å². The second-order valence-corrected chi connectivity index (χ2v) is 6.85. The van der Waals surface area contributed by atoms with Crippen LogP contribution in [0, 0.1) is 0 Å². The van der Waals surface area contributed by atoms with E-state index in [-0.39, 0.29) is 12.1 Å². The molecule has 7 nitrogen and oxygen atoms in total. The van der Waals surface area contributed by atoms with Gasteiger partial charge in [-0.1, -0.05) is 12.1 Å². The van der Waals surface area contributed by atoms with E-state index in [0.717, 1.165) is 5.56 Å². The summed E-state index contributed by atoms with van der Waals surface area (Å²) in [4.78, 5) is 27.5. The molecule has 0 atom stereocenters. The molecule has 132 valence electrons. The van der Waals surface area contributed by atoms with Crippen molar-refractivity contribution in [3.63, 3.8) is 0 Å². The molecule has 3 N–H and O–H groups in total. The van der Waals surface area contributed by atoms with E-state index >= 15 is 0 Å². The van der Waals surface area contributed by atoms with Crippen molar-refractivity contribution < 1.29 is 14.3 Å². The summed E-state index contributed by atoms with van der Waals surface area (Å²) in [5.74, 6) is 0. The Morgan fingerprint density at radius 3 is 2.17 bits per heavy atom. The lowest BCUT2D eigenvalue weighted by atomic mass is 10.2. The number of nitrogen functional groups attached to an aromatic ring is 1. The molecule has 1 aliphatic heterocycles. The number of hydrogen-bond acceptors (Lipinski definition) is 4. The van der Waals surface area contributed by atoms with Gasteiger partial charge in [0.25, 0.3) is 0 Å². The standard InChI is InChI=1S/C17H26N4O3/c1-17(2,3)24-16(23)21-10-8-20(9-11-21)15(22)19-12-13-4-6-14(18)7-5-13/h4-7H,8-12,18H2,1-3H3,(H,19,22). The van der Waals surface area contributed by atoms with Crippen LogP contribution in [0.4, 0.5) is 15.3 Å². The number of carbonyl (C=O) groups excluding carboxylic acids is 2. The molecule has 3 amide bonds. The fourth-order valence-electron chi connectivity index (χ4n) is 2.34. The third-order valence-corrected chi connectivity index (χ3v) is 3.64. The quantitative estimate of drug-likeness (QED) is 0.810. The second-order valence-electron chi connectivity index (χ2n) is 6.85. The lowest BCUT2D eigenvalue weighted by Crippen LogP contribution is -2.53. The molecule has 0 aromatic heterocycles. The first-order valence-corrected chi connectivity index (χ1v) is 8.10. The van der Waals surface area contributed by atoms with Gasteiger partial charge in [0.15, 0.2) is 0 Å². The summed E-state index contributed by atoms with van der Waals surface area (Å²) in [6.07, 6.45) is -0.329. The monoisotopic (exact) mass is 334 g/mol. The van der Waals surface area contributed by atoms with Gasteiger partial charge in [-0.2, -0.15) is 0 Å². The van der Waals surface area contributed by atoms with E-state index in [2.05, 4.69) is 5.32 Å². The molecule has 0 aliphatic carbocycles. The molecule has 2 rings (SSSR count). The topological polar surface area (TPSA) is 87.9 Å². The molecule has 0 radical (unpaired) electrons. The van der Waals surface area contributed by atoms with Gasteiger partial charge in [-0.25, -0.2) is 9.59 Å². The Labute approximate surface area is 142 Å². The molecule has 1 heterocycles. The van der Waals surface area contributed by atoms with Crippen molar-refractivity contribution >= 4 is 17.8 Å². The number of nitrogens with one attached hydrogen (secondary N) is 1. The van der Waals surface area contributed by atoms with Gasteiger partial charge in [0.05, 0.1) is 0 Å². The Bertz CT molecular complexity index is 572. The van der Waals surface area contributed by atoms with Crippen molar-refractivity contribution in [1.82, 2.24) is 15.1 Å². The Balaban J connectivity index is 1.76. The maximum atomic E-state index is 12.2. The fraction of sp³-hybridized carbons (Fsp3) is 0.529. The summed E-state index contributed by atoms with van der Waals surface area (Å²) in [5.41, 5.74) is 6.82. The van der Waals surface area contributed by atoms with Crippen LogP contribution < -0.4 is 11.1 Å². The van der Waals surface area contributed by atoms with Crippen LogP contribution in [0.15, 0.2) is 24.3 Å². The maximum absolute atomic E-state index is 12.2. The summed E-state index contributed by atoms with van der Waals surface area (Å²) < 4.78 is 5.35. The Morgan fingerprint density at radius 2 is 1.62 bits per heavy atom. The summed E-state index contributed by atoms with van der Waals surface area (Å²) in [6, 6.07) is 7.25. The Hall–Kier alpha value is -2.44. The highest BCUT2D eigenvalue weighted by Crippen LogP contribution is 2.12. The summed E-state index contributed by atoms with van der Waals surface area (Å²) >= 11 is 0. The van der Waals surface area contributed by atoms with Gasteiger partial charge in [0.2, 0.25) is 0 Å². The molecule has 1 aromatic rings. The number of amides is 3. The van der Waals surface area contributed by atoms with Crippen LogP contribution in [0.3, 0.4) is 0 Å². The fourth-order valence-corrected chi connectivity index (χ4v) is 2.34. The van der Waals surface area contributed by atoms with Crippen molar-refractivity contribution in [2.45, 2.75) is 32.9 Å². The smallest absolute Gasteiger partial charge is 0.410 e. The summed E-state index contributed by atoms with van der Waals surface area (Å²) in [6.45, 7) is 7.91. The molecule has 1 aliphatic rings. The van der Waals surface area contributed by atoms with Crippen LogP contribution in [0.5, 0.6) is 0 Å². The number of nitrogens with zero attached hydrogens (tertiary/aromatic N) is 2. The SMILES string of the molecule is CC(C)(C)OC(=O)N1CCN(C(=O)NCc2ccc(N)cc2)CC1. The van der Waals surface area contributed by atoms with E-state index in [1.807, 2.05) is 32.9 Å². The molecule has 0 bridgehead atoms. The van der Waals surface area contributed by atoms with Crippen molar-refractivity contribution in [3.05, 3.63) is 29.8 Å². The van der Waals surface area contributed by atoms with E-state index in [1.54, 1.807) is 21.9 Å². The van der Waals surface area contributed by atoms with Crippen molar-refractivity contribution in [2.24, 2.45) is 0 Å². The number of urea groups is 1. The predicted molar refractivity (Wildman–Crippen MR) is 92.5 cm³/mol. The minimum atomic E-state index is -0.509. The van der Waals surface area contributed by atoms with E-state index in [1.165, 1.54) is 0 Å². The Morgan fingerprint density at radius 1 is 1.08 bits per heavy atom. The molecule has 7 heteroatoms. The van der Waals surface area contributed by atoms with Crippen LogP contribution in [-0.2, 0) is 11.3 Å². The number of carbonyl (C=O) groups is 2. The highest BCUT2D eigenvalue weighted by molar-refractivity contribution is 5.75. The largest absolute Gasteiger partial charge is 0.444 e. The number of rotatable bonds is 2. The van der Waals surface area contributed by atoms with Crippen LogP contribution in [0.25, 0.3) is 0 Å². The average molecular weight is 334 g/mol. The second kappa shape index (κ2) is 7.42. The van der Waals surface area contributed by atoms with Gasteiger partial charge in [0, 0.05) is 38.4 Å². The number of ether oxygens (including phenoxy) is 1. The molecule has 1 aromatic carbocycles. The van der Waals surface area contributed by atoms with E-state index in [9.17, 15) is 9.59 Å². The highest BCUT2D eigenvalue weighted by atomic mass is 16.6. The number of benzene rings is 1. The maximum Gasteiger partial charge on any atom is 0.410 e. The average Bonchev–Trinajstić information content (AvgIpc) is 2.52. The zero-order chi connectivity index (χ0) is 17.7. The van der Waals surface area contributed by atoms with Gasteiger partial charge >= 0.3 is 12.1 Å². The lowest BCUT2D eigenvalue weighted by molar-refractivity contribution is 0.0170. The van der Waals surface area contributed by atoms with Gasteiger partial charge < -0.3 is 25.6 Å². The number of hydrogen-bond donors (Lipinski definition) is 2. The molecule has 1 saturated heterocycles. The molecule has 24 heavy (non-hydrogen) atoms. The van der Waals surface area contributed by atoms with Crippen LogP contribution in [0.1, 0.15) is 26.3 Å². The molecule has 0 saturated carbocycles. The first-order chi connectivity index (χ1) is 11.2. The van der Waals surface area contributed by atoms with E-state index in [4.69, 9.17) is 10.5 Å². The minimum absolute atomic E-state index is 0.129. The summed E-state index contributed by atoms with van der Waals surface area (Å²) in [5, 5.41) is 2.88.